The molecule has 3 fully saturated rings. The first-order chi connectivity index (χ1) is 24.5. The Morgan fingerprint density at radius 2 is 1.69 bits per heavy atom. The lowest BCUT2D eigenvalue weighted by atomic mass is 9.82. The second kappa shape index (κ2) is 15.3. The molecule has 0 unspecified atom stereocenters. The van der Waals surface area contributed by atoms with E-state index in [2.05, 4.69) is 4.90 Å². The van der Waals surface area contributed by atoms with Gasteiger partial charge in [0.15, 0.2) is 11.5 Å². The highest BCUT2D eigenvalue weighted by atomic mass is 35.5. The molecule has 0 aliphatic carbocycles. The quantitative estimate of drug-likeness (QED) is 0.123. The van der Waals surface area contributed by atoms with Crippen molar-refractivity contribution in [3.05, 3.63) is 116 Å². The van der Waals surface area contributed by atoms with Crippen LogP contribution < -0.4 is 19.1 Å². The molecule has 3 aliphatic heterocycles. The van der Waals surface area contributed by atoms with E-state index in [0.29, 0.717) is 33.9 Å². The number of benzene rings is 3. The van der Waals surface area contributed by atoms with Crippen LogP contribution in [-0.4, -0.2) is 67.2 Å². The molecular weight excluding hydrogens is 707 g/mol. The summed E-state index contributed by atoms with van der Waals surface area (Å²) in [5.41, 5.74) is 0.128. The minimum absolute atomic E-state index is 0.0564. The van der Waals surface area contributed by atoms with Crippen molar-refractivity contribution in [3.8, 4) is 11.5 Å². The smallest absolute Gasteiger partial charge is 0.415 e. The highest BCUT2D eigenvalue weighted by Gasteiger charge is 2.38. The molecule has 3 aromatic carbocycles. The lowest BCUT2D eigenvalue weighted by Crippen LogP contribution is -2.53. The Labute approximate surface area is 303 Å². The van der Waals surface area contributed by atoms with Crippen LogP contribution in [-0.2, 0) is 17.7 Å². The number of aromatic nitrogens is 1. The molecule has 3 aliphatic rings. The number of anilines is 1. The number of carboxylic acids is 1. The summed E-state index contributed by atoms with van der Waals surface area (Å²) in [6, 6.07) is 13.1. The fourth-order valence-electron chi connectivity index (χ4n) is 7.03. The van der Waals surface area contributed by atoms with Gasteiger partial charge in [0, 0.05) is 28.3 Å². The summed E-state index contributed by atoms with van der Waals surface area (Å²) in [4.78, 5) is 29.7. The Balaban J connectivity index is 1.51. The minimum Gasteiger partial charge on any atom is -0.493 e. The third kappa shape index (κ3) is 7.53. The zero-order valence-electron chi connectivity index (χ0n) is 27.8. The van der Waals surface area contributed by atoms with Gasteiger partial charge in [-0.1, -0.05) is 47.5 Å². The van der Waals surface area contributed by atoms with E-state index in [1.54, 1.807) is 24.3 Å². The first kappa shape index (κ1) is 36.2. The second-order valence-electron chi connectivity index (χ2n) is 12.6. The molecule has 10 nitrogen and oxygen atoms in total. The van der Waals surface area contributed by atoms with E-state index < -0.39 is 41.3 Å². The average Bonchev–Trinajstić information content (AvgIpc) is 3.11. The molecule has 14 heteroatoms. The van der Waals surface area contributed by atoms with Gasteiger partial charge in [0.25, 0.3) is 0 Å². The monoisotopic (exact) mass is 742 g/mol. The average molecular weight is 744 g/mol. The number of hydrogen-bond donors (Lipinski definition) is 2. The summed E-state index contributed by atoms with van der Waals surface area (Å²) in [6.45, 7) is 2.01. The highest BCUT2D eigenvalue weighted by molar-refractivity contribution is 6.35. The highest BCUT2D eigenvalue weighted by Crippen LogP contribution is 2.41. The maximum Gasteiger partial charge on any atom is 0.415 e. The van der Waals surface area contributed by atoms with Gasteiger partial charge in [-0.15, -0.1) is 0 Å². The van der Waals surface area contributed by atoms with Crippen LogP contribution in [0.1, 0.15) is 51.4 Å². The molecule has 4 heterocycles. The van der Waals surface area contributed by atoms with Crippen molar-refractivity contribution in [2.75, 3.05) is 38.8 Å². The number of hydrogen-bond acceptors (Lipinski definition) is 7. The van der Waals surface area contributed by atoms with Gasteiger partial charge in [0.05, 0.1) is 32.0 Å². The van der Waals surface area contributed by atoms with Crippen molar-refractivity contribution in [2.24, 2.45) is 5.92 Å². The van der Waals surface area contributed by atoms with E-state index in [-0.39, 0.29) is 45.7 Å². The van der Waals surface area contributed by atoms with Gasteiger partial charge in [-0.05, 0) is 79.7 Å². The molecule has 0 radical (unpaired) electrons. The molecule has 3 saturated heterocycles. The number of aromatic carboxylic acids is 1. The number of rotatable bonds is 11. The topological polar surface area (TPSA) is 113 Å². The van der Waals surface area contributed by atoms with Gasteiger partial charge >= 0.3 is 12.1 Å². The predicted molar refractivity (Wildman–Crippen MR) is 184 cm³/mol. The number of para-hydroxylation sites is 1. The largest absolute Gasteiger partial charge is 0.493 e. The molecule has 7 rings (SSSR count). The molecule has 1 amide bonds. The third-order valence-corrected chi connectivity index (χ3v) is 10.3. The van der Waals surface area contributed by atoms with E-state index in [4.69, 9.17) is 37.4 Å². The number of pyridine rings is 1. The minimum atomic E-state index is -1.52. The summed E-state index contributed by atoms with van der Waals surface area (Å²) in [7, 11) is 2.90. The molecule has 2 atom stereocenters. The van der Waals surface area contributed by atoms with Crippen LogP contribution in [0.25, 0.3) is 0 Å². The van der Waals surface area contributed by atoms with Crippen LogP contribution in [0.15, 0.2) is 67.0 Å². The molecule has 1 aromatic heterocycles. The van der Waals surface area contributed by atoms with Crippen LogP contribution in [0, 0.1) is 17.6 Å². The standard InChI is InChI=1S/C37H35Cl2F2N3O7/c1-49-31-10-8-22(15-32(31)50-2)25(16-26-27(38)18-43(48)19-28(26)39)34-23(7-9-24(35(34)41)36(45)46)17-44(30-6-4-3-5-29(30)40)37(47)51-33-20-42-13-11-21(33)12-14-42/h3-10,15,18-19,21,25,33H,11-14,16-17,20H2,1-2H3,(H-,45,46,48)/p+1/t25-,33-/m0/s1. The van der Waals surface area contributed by atoms with Crippen molar-refractivity contribution in [1.82, 2.24) is 4.90 Å². The number of methoxy groups -OCH3 is 2. The third-order valence-electron chi connectivity index (χ3n) is 9.68. The zero-order valence-corrected chi connectivity index (χ0v) is 29.3. The normalized spacial score (nSPS) is 18.6. The Kier molecular flexibility index (Phi) is 10.8. The maximum atomic E-state index is 16.9. The van der Waals surface area contributed by atoms with Crippen molar-refractivity contribution >= 4 is 41.0 Å². The van der Waals surface area contributed by atoms with Gasteiger partial charge in [-0.3, -0.25) is 15.0 Å². The van der Waals surface area contributed by atoms with Crippen LogP contribution in [0.5, 0.6) is 11.5 Å². The van der Waals surface area contributed by atoms with E-state index >= 15 is 8.78 Å². The van der Waals surface area contributed by atoms with Gasteiger partial charge < -0.3 is 19.3 Å². The van der Waals surface area contributed by atoms with Crippen LogP contribution in [0.2, 0.25) is 10.0 Å². The van der Waals surface area contributed by atoms with Gasteiger partial charge in [0.1, 0.15) is 27.8 Å². The summed E-state index contributed by atoms with van der Waals surface area (Å²) >= 11 is 13.1. The van der Waals surface area contributed by atoms with E-state index in [9.17, 15) is 19.9 Å². The van der Waals surface area contributed by atoms with E-state index in [0.717, 1.165) is 36.9 Å². The molecule has 0 saturated carbocycles. The number of piperidine rings is 3. The van der Waals surface area contributed by atoms with Crippen molar-refractivity contribution in [1.29, 1.82) is 0 Å². The van der Waals surface area contributed by atoms with Crippen LogP contribution >= 0.6 is 23.2 Å². The number of carbonyl (C=O) groups excluding carboxylic acids is 1. The zero-order chi connectivity index (χ0) is 36.4. The van der Waals surface area contributed by atoms with E-state index in [1.165, 1.54) is 50.9 Å². The Morgan fingerprint density at radius 3 is 2.29 bits per heavy atom. The fraction of sp³-hybridized carbons (Fsp3) is 0.324. The number of amides is 1. The lowest BCUT2D eigenvalue weighted by molar-refractivity contribution is -0.904. The molecule has 51 heavy (non-hydrogen) atoms. The molecular formula is C37H36Cl2F2N3O7+. The number of nitrogens with zero attached hydrogens (tertiary/aromatic N) is 3. The molecule has 0 spiro atoms. The molecule has 2 N–H and O–H groups in total. The molecule has 268 valence electrons. The summed E-state index contributed by atoms with van der Waals surface area (Å²) in [5, 5.41) is 20.2. The van der Waals surface area contributed by atoms with Gasteiger partial charge in [0.2, 0.25) is 12.4 Å². The lowest BCUT2D eigenvalue weighted by Gasteiger charge is -2.44. The van der Waals surface area contributed by atoms with Crippen molar-refractivity contribution < 1.29 is 47.6 Å². The molecule has 2 bridgehead atoms. The number of fused-ring (bicyclic) bond motifs is 3. The number of ether oxygens (including phenoxy) is 3. The fourth-order valence-corrected chi connectivity index (χ4v) is 7.64. The van der Waals surface area contributed by atoms with Gasteiger partial charge in [-0.25, -0.2) is 18.4 Å². The number of halogens is 4. The number of carboxylic acid groups (broad SMARTS) is 1. The summed E-state index contributed by atoms with van der Waals surface area (Å²) in [6.07, 6.45) is 2.85. The number of carbonyl (C=O) groups is 2. The van der Waals surface area contributed by atoms with Crippen molar-refractivity contribution in [2.45, 2.75) is 37.8 Å². The second-order valence-corrected chi connectivity index (χ2v) is 13.4. The Bertz CT molecular complexity index is 1930. The Hall–Kier alpha value is -4.65. The maximum absolute atomic E-state index is 16.9. The van der Waals surface area contributed by atoms with Crippen LogP contribution in [0.4, 0.5) is 19.3 Å². The summed E-state index contributed by atoms with van der Waals surface area (Å²) in [5.74, 6) is -3.44. The predicted octanol–water partition coefficient (Wildman–Crippen LogP) is 7.12. The summed E-state index contributed by atoms with van der Waals surface area (Å²) < 4.78 is 50.0. The molecule has 4 aromatic rings. The SMILES string of the molecule is COc1ccc([C@H](Cc2c(Cl)c[n+](O)cc2Cl)c2c(CN(C(=O)O[C@H]3CN4CCC3CC4)c3ccccc3F)ccc(C(=O)O)c2F)cc1OC. The van der Waals surface area contributed by atoms with Crippen molar-refractivity contribution in [3.63, 3.8) is 0 Å². The first-order valence-electron chi connectivity index (χ1n) is 16.3. The van der Waals surface area contributed by atoms with E-state index in [1.807, 2.05) is 0 Å². The van der Waals surface area contributed by atoms with Crippen LogP contribution in [0.3, 0.4) is 0 Å². The Morgan fingerprint density at radius 1 is 1.00 bits per heavy atom. The van der Waals surface area contributed by atoms with Gasteiger partial charge in [-0.2, -0.15) is 0 Å². The first-order valence-corrected chi connectivity index (χ1v) is 17.0.